The van der Waals surface area contributed by atoms with Gasteiger partial charge in [0.05, 0.1) is 30.1 Å². The molecular weight excluding hydrogens is 382 g/mol. The summed E-state index contributed by atoms with van der Waals surface area (Å²) in [5.41, 5.74) is 0.559. The lowest BCUT2D eigenvalue weighted by molar-refractivity contribution is -0.121. The highest BCUT2D eigenvalue weighted by Crippen LogP contribution is 2.22. The van der Waals surface area contributed by atoms with Crippen molar-refractivity contribution in [3.8, 4) is 0 Å². The lowest BCUT2D eigenvalue weighted by Gasteiger charge is -2.31. The van der Waals surface area contributed by atoms with E-state index < -0.39 is 10.0 Å². The van der Waals surface area contributed by atoms with E-state index in [0.29, 0.717) is 50.4 Å². The van der Waals surface area contributed by atoms with Crippen LogP contribution < -0.4 is 15.5 Å². The third-order valence-corrected chi connectivity index (χ3v) is 7.03. The fourth-order valence-corrected chi connectivity index (χ4v) is 5.11. The van der Waals surface area contributed by atoms with Gasteiger partial charge in [-0.05, 0) is 31.4 Å². The van der Waals surface area contributed by atoms with Crippen molar-refractivity contribution in [1.82, 2.24) is 14.6 Å². The molecule has 0 radical (unpaired) electrons. The molecule has 0 aliphatic carbocycles. The number of amides is 2. The minimum Gasteiger partial charge on any atom is -0.353 e. The largest absolute Gasteiger partial charge is 0.353 e. The molecule has 10 heteroatoms. The van der Waals surface area contributed by atoms with Gasteiger partial charge in [-0.1, -0.05) is 6.92 Å². The Hall–Kier alpha value is -2.20. The number of hydrogen-bond donors (Lipinski definition) is 2. The summed E-state index contributed by atoms with van der Waals surface area (Å²) in [7, 11) is -3.29. The first-order chi connectivity index (χ1) is 13.4. The molecule has 1 aromatic rings. The maximum absolute atomic E-state index is 12.6. The molecule has 0 saturated carbocycles. The molecule has 0 aromatic carbocycles. The summed E-state index contributed by atoms with van der Waals surface area (Å²) >= 11 is 0. The van der Waals surface area contributed by atoms with E-state index in [2.05, 4.69) is 15.6 Å². The molecule has 1 aromatic heterocycles. The van der Waals surface area contributed by atoms with Crippen LogP contribution in [-0.2, 0) is 19.6 Å². The highest BCUT2D eigenvalue weighted by Gasteiger charge is 2.31. The molecule has 3 rings (SSSR count). The average molecular weight is 410 g/mol. The second kappa shape index (κ2) is 8.87. The molecule has 0 unspecified atom stereocenters. The van der Waals surface area contributed by atoms with E-state index >= 15 is 0 Å². The lowest BCUT2D eigenvalue weighted by Crippen LogP contribution is -2.48. The van der Waals surface area contributed by atoms with Crippen molar-refractivity contribution >= 4 is 33.3 Å². The molecule has 1 atom stereocenters. The Morgan fingerprint density at radius 2 is 2.18 bits per heavy atom. The van der Waals surface area contributed by atoms with Crippen LogP contribution in [0.3, 0.4) is 0 Å². The monoisotopic (exact) mass is 409 g/mol. The van der Waals surface area contributed by atoms with Crippen molar-refractivity contribution in [1.29, 1.82) is 0 Å². The number of sulfonamides is 1. The van der Waals surface area contributed by atoms with Gasteiger partial charge in [-0.3, -0.25) is 9.59 Å². The normalized spacial score (nSPS) is 21.2. The van der Waals surface area contributed by atoms with Crippen molar-refractivity contribution in [3.63, 3.8) is 0 Å². The molecule has 2 N–H and O–H groups in total. The van der Waals surface area contributed by atoms with Gasteiger partial charge in [0, 0.05) is 26.2 Å². The molecule has 2 saturated heterocycles. The Kier molecular flexibility index (Phi) is 6.50. The van der Waals surface area contributed by atoms with E-state index in [1.54, 1.807) is 18.3 Å². The van der Waals surface area contributed by atoms with Gasteiger partial charge in [0.1, 0.15) is 5.82 Å². The van der Waals surface area contributed by atoms with Crippen LogP contribution in [0.4, 0.5) is 11.5 Å². The summed E-state index contributed by atoms with van der Waals surface area (Å²) in [6, 6.07) is 3.52. The number of nitrogens with one attached hydrogen (secondary N) is 2. The lowest BCUT2D eigenvalue weighted by atomic mass is 9.99. The van der Waals surface area contributed by atoms with E-state index in [1.807, 2.05) is 11.8 Å². The van der Waals surface area contributed by atoms with E-state index in [9.17, 15) is 18.0 Å². The first-order valence-corrected chi connectivity index (χ1v) is 11.3. The first-order valence-electron chi connectivity index (χ1n) is 9.65. The van der Waals surface area contributed by atoms with Crippen LogP contribution in [0, 0.1) is 5.92 Å². The Balaban J connectivity index is 1.59. The zero-order valence-electron chi connectivity index (χ0n) is 16.1. The first kappa shape index (κ1) is 20.5. The molecular formula is C18H27N5O4S. The summed E-state index contributed by atoms with van der Waals surface area (Å²) in [6.45, 7) is 4.07. The van der Waals surface area contributed by atoms with Crippen molar-refractivity contribution in [2.24, 2.45) is 5.92 Å². The zero-order valence-corrected chi connectivity index (χ0v) is 16.9. The molecule has 28 heavy (non-hydrogen) atoms. The van der Waals surface area contributed by atoms with Gasteiger partial charge < -0.3 is 15.5 Å². The number of rotatable bonds is 6. The fourth-order valence-electron chi connectivity index (χ4n) is 3.52. The zero-order chi connectivity index (χ0) is 20.1. The van der Waals surface area contributed by atoms with Crippen LogP contribution >= 0.6 is 0 Å². The Bertz CT molecular complexity index is 812. The number of anilines is 2. The van der Waals surface area contributed by atoms with Gasteiger partial charge >= 0.3 is 0 Å². The number of piperazine rings is 1. The van der Waals surface area contributed by atoms with Crippen LogP contribution in [0.15, 0.2) is 18.3 Å². The summed E-state index contributed by atoms with van der Waals surface area (Å²) in [5.74, 6) is 0.197. The second-order valence-corrected chi connectivity index (χ2v) is 9.27. The van der Waals surface area contributed by atoms with Crippen molar-refractivity contribution < 1.29 is 18.0 Å². The molecule has 2 aliphatic rings. The van der Waals surface area contributed by atoms with Crippen molar-refractivity contribution in [3.05, 3.63) is 18.3 Å². The van der Waals surface area contributed by atoms with Crippen molar-refractivity contribution in [2.75, 3.05) is 48.7 Å². The molecule has 9 nitrogen and oxygen atoms in total. The summed E-state index contributed by atoms with van der Waals surface area (Å²) in [5, 5.41) is 5.60. The predicted molar refractivity (Wildman–Crippen MR) is 106 cm³/mol. The average Bonchev–Trinajstić information content (AvgIpc) is 2.68. The van der Waals surface area contributed by atoms with E-state index in [0.717, 1.165) is 0 Å². The predicted octanol–water partition coefficient (Wildman–Crippen LogP) is 0.408. The molecule has 3 heterocycles. The number of aromatic nitrogens is 1. The second-order valence-electron chi connectivity index (χ2n) is 7.18. The Labute approximate surface area is 165 Å². The van der Waals surface area contributed by atoms with Gasteiger partial charge in [0.15, 0.2) is 0 Å². The van der Waals surface area contributed by atoms with E-state index in [1.165, 1.54) is 4.31 Å². The molecule has 2 fully saturated rings. The maximum atomic E-state index is 12.6. The van der Waals surface area contributed by atoms with Crippen LogP contribution in [0.2, 0.25) is 0 Å². The molecule has 154 valence electrons. The quantitative estimate of drug-likeness (QED) is 0.704. The summed E-state index contributed by atoms with van der Waals surface area (Å²) in [6.07, 6.45) is 3.47. The SMILES string of the molecule is CCCS(=O)(=O)N1CCC[C@@H](C(=O)Nc2ccc(N3CCNC(=O)C3)nc2)C1. The maximum Gasteiger partial charge on any atom is 0.239 e. The number of carbonyl (C=O) groups is 2. The number of nitrogens with zero attached hydrogens (tertiary/aromatic N) is 3. The minimum absolute atomic E-state index is 0.0368. The number of pyridine rings is 1. The smallest absolute Gasteiger partial charge is 0.239 e. The molecule has 2 amide bonds. The van der Waals surface area contributed by atoms with Crippen LogP contribution in [0.5, 0.6) is 0 Å². The Morgan fingerprint density at radius 1 is 1.36 bits per heavy atom. The highest BCUT2D eigenvalue weighted by atomic mass is 32.2. The van der Waals surface area contributed by atoms with Crippen LogP contribution in [0.1, 0.15) is 26.2 Å². The van der Waals surface area contributed by atoms with Gasteiger partial charge in [0.2, 0.25) is 21.8 Å². The topological polar surface area (TPSA) is 112 Å². The summed E-state index contributed by atoms with van der Waals surface area (Å²) in [4.78, 5) is 30.3. The minimum atomic E-state index is -3.29. The number of hydrogen-bond acceptors (Lipinski definition) is 6. The molecule has 0 bridgehead atoms. The number of carbonyl (C=O) groups excluding carboxylic acids is 2. The van der Waals surface area contributed by atoms with Crippen LogP contribution in [-0.4, -0.2) is 68.0 Å². The third kappa shape index (κ3) is 4.99. The number of piperidine rings is 1. The van der Waals surface area contributed by atoms with Gasteiger partial charge in [-0.2, -0.15) is 0 Å². The third-order valence-electron chi connectivity index (χ3n) is 4.99. The van der Waals surface area contributed by atoms with Gasteiger partial charge in [-0.25, -0.2) is 17.7 Å². The standard InChI is InChI=1S/C18H27N5O4S/c1-2-10-28(26,27)23-8-3-4-14(12-23)18(25)21-15-5-6-16(20-11-15)22-9-7-19-17(24)13-22/h5-6,11,14H,2-4,7-10,12-13H2,1H3,(H,19,24)(H,21,25)/t14-/m1/s1. The van der Waals surface area contributed by atoms with E-state index in [4.69, 9.17) is 0 Å². The van der Waals surface area contributed by atoms with Crippen LogP contribution in [0.25, 0.3) is 0 Å². The Morgan fingerprint density at radius 3 is 2.86 bits per heavy atom. The summed E-state index contributed by atoms with van der Waals surface area (Å²) < 4.78 is 26.0. The molecule has 2 aliphatic heterocycles. The van der Waals surface area contributed by atoms with Gasteiger partial charge in [0.25, 0.3) is 0 Å². The molecule has 0 spiro atoms. The fraction of sp³-hybridized carbons (Fsp3) is 0.611. The highest BCUT2D eigenvalue weighted by molar-refractivity contribution is 7.89. The van der Waals surface area contributed by atoms with E-state index in [-0.39, 0.29) is 36.6 Å². The van der Waals surface area contributed by atoms with Crippen molar-refractivity contribution in [2.45, 2.75) is 26.2 Å². The van der Waals surface area contributed by atoms with Gasteiger partial charge in [-0.15, -0.1) is 0 Å².